The Labute approximate surface area is 390 Å². The molecule has 12 aromatic rings. The van der Waals surface area contributed by atoms with E-state index in [0.29, 0.717) is 0 Å². The summed E-state index contributed by atoms with van der Waals surface area (Å²) in [7, 11) is 0. The minimum atomic E-state index is 0.723. The second kappa shape index (κ2) is 14.8. The number of aromatic nitrogens is 1. The number of hydrogen-bond donors (Lipinski definition) is 0. The van der Waals surface area contributed by atoms with Gasteiger partial charge in [-0.2, -0.15) is 4.58 Å². The SMILES string of the molecule is C1=[N+](c2ccccc2)c2cc3c(cc2N(c2ccccc2)C1)-c1ncccc1-c1ccc(-c2cccc4c2sc2ccccc24)cc1-c1cc(-c2cccc4c2sc2ccccc24)ccc1-3. The lowest BCUT2D eigenvalue weighted by molar-refractivity contribution is 1.000. The fourth-order valence-corrected chi connectivity index (χ4v) is 13.1. The first-order valence-corrected chi connectivity index (χ1v) is 24.1. The number of pyridine rings is 1. The van der Waals surface area contributed by atoms with Crippen LogP contribution in [0.1, 0.15) is 0 Å². The lowest BCUT2D eigenvalue weighted by Crippen LogP contribution is -2.29. The zero-order valence-corrected chi connectivity index (χ0v) is 37.3. The molecule has 0 fully saturated rings. The molecule has 0 amide bonds. The Morgan fingerprint density at radius 2 is 0.955 bits per heavy atom. The molecule has 0 bridgehead atoms. The maximum absolute atomic E-state index is 5.29. The second-order valence-corrected chi connectivity index (χ2v) is 19.3. The predicted octanol–water partition coefficient (Wildman–Crippen LogP) is 17.2. The molecule has 66 heavy (non-hydrogen) atoms. The van der Waals surface area contributed by atoms with E-state index in [1.54, 1.807) is 0 Å². The van der Waals surface area contributed by atoms with Gasteiger partial charge in [0.2, 0.25) is 11.4 Å². The molecular formula is C61H38N3S2+. The average Bonchev–Trinajstić information content (AvgIpc) is 3.97. The van der Waals surface area contributed by atoms with E-state index in [2.05, 4.69) is 222 Å². The van der Waals surface area contributed by atoms with Crippen molar-refractivity contribution in [3.05, 3.63) is 212 Å². The molecule has 14 rings (SSSR count). The number of fused-ring (bicyclic) bond motifs is 15. The number of rotatable bonds is 4. The van der Waals surface area contributed by atoms with Crippen molar-refractivity contribution in [2.75, 3.05) is 11.4 Å². The molecule has 9 aromatic carbocycles. The highest BCUT2D eigenvalue weighted by atomic mass is 32.1. The van der Waals surface area contributed by atoms with E-state index in [0.717, 1.165) is 51.7 Å². The molecule has 3 nitrogen and oxygen atoms in total. The first-order chi connectivity index (χ1) is 32.7. The Kier molecular flexibility index (Phi) is 8.39. The zero-order chi connectivity index (χ0) is 43.3. The van der Waals surface area contributed by atoms with Crippen LogP contribution in [0.4, 0.5) is 22.7 Å². The van der Waals surface area contributed by atoms with Gasteiger partial charge in [-0.15, -0.1) is 22.7 Å². The molecule has 4 heterocycles. The highest BCUT2D eigenvalue weighted by Gasteiger charge is 2.33. The van der Waals surface area contributed by atoms with Crippen LogP contribution in [0.15, 0.2) is 212 Å². The smallest absolute Gasteiger partial charge is 0.235 e. The fourth-order valence-electron chi connectivity index (χ4n) is 10.6. The van der Waals surface area contributed by atoms with Crippen LogP contribution >= 0.6 is 22.7 Å². The van der Waals surface area contributed by atoms with Gasteiger partial charge in [-0.05, 0) is 98.6 Å². The average molecular weight is 877 g/mol. The Morgan fingerprint density at radius 3 is 1.61 bits per heavy atom. The summed E-state index contributed by atoms with van der Waals surface area (Å²) in [5.41, 5.74) is 18.6. The summed E-state index contributed by atoms with van der Waals surface area (Å²) < 4.78 is 7.62. The van der Waals surface area contributed by atoms with Crippen LogP contribution in [-0.4, -0.2) is 17.7 Å². The number of hydrogen-bond acceptors (Lipinski definition) is 4. The van der Waals surface area contributed by atoms with Crippen molar-refractivity contribution >= 4 is 92.0 Å². The zero-order valence-electron chi connectivity index (χ0n) is 35.6. The van der Waals surface area contributed by atoms with Crippen LogP contribution < -0.4 is 9.48 Å². The van der Waals surface area contributed by atoms with E-state index in [1.165, 1.54) is 84.9 Å². The quantitative estimate of drug-likeness (QED) is 0.164. The van der Waals surface area contributed by atoms with Crippen LogP contribution in [-0.2, 0) is 0 Å². The number of benzene rings is 9. The molecule has 308 valence electrons. The normalized spacial score (nSPS) is 12.8. The third-order valence-corrected chi connectivity index (χ3v) is 16.1. The van der Waals surface area contributed by atoms with Crippen LogP contribution in [0.3, 0.4) is 0 Å². The van der Waals surface area contributed by atoms with Crippen LogP contribution in [0, 0.1) is 0 Å². The highest BCUT2D eigenvalue weighted by Crippen LogP contribution is 2.53. The molecule has 2 aliphatic rings. The van der Waals surface area contributed by atoms with E-state index in [1.807, 2.05) is 28.9 Å². The predicted molar refractivity (Wildman–Crippen MR) is 284 cm³/mol. The van der Waals surface area contributed by atoms with Crippen molar-refractivity contribution in [3.8, 4) is 66.9 Å². The lowest BCUT2D eigenvalue weighted by atomic mass is 9.80. The summed E-state index contributed by atoms with van der Waals surface area (Å²) >= 11 is 3.77. The first kappa shape index (κ1) is 37.4. The molecule has 0 unspecified atom stereocenters. The molecule has 0 saturated heterocycles. The van der Waals surface area contributed by atoms with Gasteiger partial charge in [-0.3, -0.25) is 4.98 Å². The molecule has 3 aromatic heterocycles. The maximum atomic E-state index is 5.29. The van der Waals surface area contributed by atoms with Gasteiger partial charge in [0, 0.05) is 81.6 Å². The van der Waals surface area contributed by atoms with Crippen LogP contribution in [0.25, 0.3) is 107 Å². The lowest BCUT2D eigenvalue weighted by Gasteiger charge is -2.30. The van der Waals surface area contributed by atoms with Crippen LogP contribution in [0.5, 0.6) is 0 Å². The van der Waals surface area contributed by atoms with E-state index in [9.17, 15) is 0 Å². The molecule has 0 saturated carbocycles. The van der Waals surface area contributed by atoms with E-state index >= 15 is 0 Å². The van der Waals surface area contributed by atoms with E-state index < -0.39 is 0 Å². The summed E-state index contributed by atoms with van der Waals surface area (Å²) in [5.74, 6) is 0. The third kappa shape index (κ3) is 5.74. The van der Waals surface area contributed by atoms with Gasteiger partial charge in [0.05, 0.1) is 5.69 Å². The third-order valence-electron chi connectivity index (χ3n) is 13.6. The standard InChI is InChI=1S/C61H38N3S2/c1-3-14-40(15-4-1)63-32-33-64(41-16-5-2-6-17-41)56-37-54-53(36-55(56)63)45-30-28-39(43-21-12-23-50-47-19-8-10-26-58(47)66-61(43)50)35-52(45)51-34-38(27-29-44(51)48-24-13-31-62-59(48)54)42-20-11-22-49-46-18-7-9-25-57(46)65-60(42)49/h1-32,34-37H,33H2/q+1. The summed E-state index contributed by atoms with van der Waals surface area (Å²) in [6, 6.07) is 76.2. The van der Waals surface area contributed by atoms with E-state index in [4.69, 9.17) is 4.98 Å². The molecule has 0 N–H and O–H groups in total. The minimum Gasteiger partial charge on any atom is -0.326 e. The van der Waals surface area contributed by atoms with Crippen molar-refractivity contribution in [1.82, 2.24) is 9.56 Å². The topological polar surface area (TPSA) is 19.1 Å². The van der Waals surface area contributed by atoms with Gasteiger partial charge >= 0.3 is 0 Å². The molecule has 0 radical (unpaired) electrons. The Balaban J connectivity index is 1.07. The van der Waals surface area contributed by atoms with Gasteiger partial charge in [0.15, 0.2) is 6.21 Å². The molecule has 1 aliphatic carbocycles. The summed E-state index contributed by atoms with van der Waals surface area (Å²) in [6.45, 7) is 0.723. The Bertz CT molecular complexity index is 3970. The number of thiophene rings is 2. The molecule has 5 heteroatoms. The first-order valence-electron chi connectivity index (χ1n) is 22.5. The minimum absolute atomic E-state index is 0.723. The molecular weight excluding hydrogens is 839 g/mol. The molecule has 0 atom stereocenters. The van der Waals surface area contributed by atoms with Crippen molar-refractivity contribution in [2.24, 2.45) is 0 Å². The summed E-state index contributed by atoms with van der Waals surface area (Å²) in [4.78, 5) is 7.72. The van der Waals surface area contributed by atoms with Gasteiger partial charge in [-0.1, -0.05) is 140 Å². The second-order valence-electron chi connectivity index (χ2n) is 17.2. The molecule has 0 spiro atoms. The summed E-state index contributed by atoms with van der Waals surface area (Å²) in [6.07, 6.45) is 4.27. The number of anilines is 2. The monoisotopic (exact) mass is 876 g/mol. The van der Waals surface area contributed by atoms with Crippen molar-refractivity contribution < 1.29 is 0 Å². The number of nitrogens with zero attached hydrogens (tertiary/aromatic N) is 3. The van der Waals surface area contributed by atoms with Gasteiger partial charge < -0.3 is 4.90 Å². The van der Waals surface area contributed by atoms with Gasteiger partial charge in [0.1, 0.15) is 12.2 Å². The Morgan fingerprint density at radius 1 is 0.409 bits per heavy atom. The van der Waals surface area contributed by atoms with Gasteiger partial charge in [0.25, 0.3) is 0 Å². The van der Waals surface area contributed by atoms with Crippen molar-refractivity contribution in [2.45, 2.75) is 0 Å². The maximum Gasteiger partial charge on any atom is 0.235 e. The van der Waals surface area contributed by atoms with Crippen LogP contribution in [0.2, 0.25) is 0 Å². The summed E-state index contributed by atoms with van der Waals surface area (Å²) in [5, 5.41) is 5.22. The van der Waals surface area contributed by atoms with Crippen molar-refractivity contribution in [3.63, 3.8) is 0 Å². The van der Waals surface area contributed by atoms with E-state index in [-0.39, 0.29) is 0 Å². The highest BCUT2D eigenvalue weighted by molar-refractivity contribution is 7.26. The van der Waals surface area contributed by atoms with Crippen molar-refractivity contribution in [1.29, 1.82) is 0 Å². The van der Waals surface area contributed by atoms with Gasteiger partial charge in [-0.25, -0.2) is 0 Å². The fraction of sp³-hybridized carbons (Fsp3) is 0.0164. The molecule has 1 aliphatic heterocycles. The number of para-hydroxylation sites is 2. The Hall–Kier alpha value is -7.96. The largest absolute Gasteiger partial charge is 0.326 e.